The normalized spacial score (nSPS) is 15.2. The van der Waals surface area contributed by atoms with Crippen molar-refractivity contribution in [3.8, 4) is 11.4 Å². The number of amides is 3. The fourth-order valence-electron chi connectivity index (χ4n) is 2.82. The number of aryl methyl sites for hydroxylation is 1. The minimum absolute atomic E-state index is 0.249. The van der Waals surface area contributed by atoms with E-state index in [4.69, 9.17) is 4.74 Å². The van der Waals surface area contributed by atoms with Gasteiger partial charge in [-0.05, 0) is 55.8 Å². The molecular formula is C19H19N3O3. The van der Waals surface area contributed by atoms with Gasteiger partial charge in [0.2, 0.25) is 0 Å². The molecule has 0 spiro atoms. The Morgan fingerprint density at radius 3 is 2.48 bits per heavy atom. The van der Waals surface area contributed by atoms with Gasteiger partial charge in [-0.2, -0.15) is 0 Å². The maximum atomic E-state index is 11.7. The van der Waals surface area contributed by atoms with Crippen LogP contribution in [-0.4, -0.2) is 23.1 Å². The summed E-state index contributed by atoms with van der Waals surface area (Å²) in [5, 5.41) is 4.70. The maximum Gasteiger partial charge on any atom is 0.326 e. The summed E-state index contributed by atoms with van der Waals surface area (Å²) in [6.07, 6.45) is 3.38. The molecule has 0 saturated carbocycles. The third-order valence-electron chi connectivity index (χ3n) is 3.95. The zero-order valence-corrected chi connectivity index (χ0v) is 14.1. The lowest BCUT2D eigenvalue weighted by molar-refractivity contribution is -0.115. The third-order valence-corrected chi connectivity index (χ3v) is 3.95. The number of benzene rings is 1. The van der Waals surface area contributed by atoms with Gasteiger partial charge in [0.15, 0.2) is 0 Å². The van der Waals surface area contributed by atoms with Crippen molar-refractivity contribution in [1.82, 2.24) is 15.2 Å². The first kappa shape index (κ1) is 16.6. The molecule has 1 aliphatic rings. The molecule has 0 radical (unpaired) electrons. The number of carbonyl (C=O) groups is 2. The molecule has 3 rings (SSSR count). The van der Waals surface area contributed by atoms with Gasteiger partial charge < -0.3 is 14.6 Å². The predicted octanol–water partition coefficient (Wildman–Crippen LogP) is 2.84. The molecule has 128 valence electrons. The van der Waals surface area contributed by atoms with Gasteiger partial charge in [-0.25, -0.2) is 4.79 Å². The smallest absolute Gasteiger partial charge is 0.326 e. The molecule has 2 N–H and O–H groups in total. The van der Waals surface area contributed by atoms with E-state index >= 15 is 0 Å². The Morgan fingerprint density at radius 1 is 1.16 bits per heavy atom. The number of hydrogen-bond acceptors (Lipinski definition) is 3. The summed E-state index contributed by atoms with van der Waals surface area (Å²) in [5.74, 6) is 0.359. The number of aromatic nitrogens is 1. The highest BCUT2D eigenvalue weighted by Gasteiger charge is 2.23. The van der Waals surface area contributed by atoms with E-state index in [1.54, 1.807) is 12.2 Å². The van der Waals surface area contributed by atoms with Crippen molar-refractivity contribution in [3.63, 3.8) is 0 Å². The lowest BCUT2D eigenvalue weighted by Crippen LogP contribution is -2.22. The Balaban J connectivity index is 1.92. The van der Waals surface area contributed by atoms with Crippen LogP contribution >= 0.6 is 0 Å². The summed E-state index contributed by atoms with van der Waals surface area (Å²) < 4.78 is 7.58. The number of hydrogen-bond donors (Lipinski definition) is 2. The van der Waals surface area contributed by atoms with Gasteiger partial charge in [-0.3, -0.25) is 10.1 Å². The van der Waals surface area contributed by atoms with Gasteiger partial charge in [-0.15, -0.1) is 0 Å². The molecule has 0 bridgehead atoms. The zero-order chi connectivity index (χ0) is 18.0. The van der Waals surface area contributed by atoms with Crippen LogP contribution in [-0.2, 0) is 4.79 Å². The SMILES string of the molecule is C=CCOc1ccc(-n2c(C)cc(C=C3NC(=O)NC3=O)c2C)cc1. The first-order chi connectivity index (χ1) is 12.0. The Morgan fingerprint density at radius 2 is 1.88 bits per heavy atom. The number of nitrogens with one attached hydrogen (secondary N) is 2. The first-order valence-electron chi connectivity index (χ1n) is 7.86. The van der Waals surface area contributed by atoms with Gasteiger partial charge >= 0.3 is 6.03 Å². The Labute approximate surface area is 145 Å². The number of ether oxygens (including phenoxy) is 1. The van der Waals surface area contributed by atoms with Gasteiger partial charge in [0, 0.05) is 17.1 Å². The largest absolute Gasteiger partial charge is 0.490 e. The lowest BCUT2D eigenvalue weighted by atomic mass is 10.2. The van der Waals surface area contributed by atoms with E-state index in [0.29, 0.717) is 6.61 Å². The van der Waals surface area contributed by atoms with Crippen molar-refractivity contribution >= 4 is 18.0 Å². The van der Waals surface area contributed by atoms with Crippen molar-refractivity contribution in [2.45, 2.75) is 13.8 Å². The Bertz CT molecular complexity index is 876. The minimum Gasteiger partial charge on any atom is -0.490 e. The quantitative estimate of drug-likeness (QED) is 0.501. The molecule has 2 aromatic rings. The Hall–Kier alpha value is -3.28. The average Bonchev–Trinajstić information content (AvgIpc) is 3.04. The summed E-state index contributed by atoms with van der Waals surface area (Å²) in [6, 6.07) is 9.22. The molecule has 2 heterocycles. The standard InChI is InChI=1S/C19H19N3O3/c1-4-9-25-16-7-5-15(6-8-16)22-12(2)10-14(13(22)3)11-17-18(23)21-19(24)20-17/h4-8,10-11H,1,9H2,2-3H3,(H2,20,21,23,24). The van der Waals surface area contributed by atoms with Gasteiger partial charge in [0.1, 0.15) is 18.1 Å². The van der Waals surface area contributed by atoms with E-state index in [9.17, 15) is 9.59 Å². The number of nitrogens with zero attached hydrogens (tertiary/aromatic N) is 1. The Kier molecular flexibility index (Phi) is 4.43. The van der Waals surface area contributed by atoms with Crippen molar-refractivity contribution < 1.29 is 14.3 Å². The van der Waals surface area contributed by atoms with Crippen molar-refractivity contribution in [1.29, 1.82) is 0 Å². The van der Waals surface area contributed by atoms with Crippen LogP contribution in [0.15, 0.2) is 48.7 Å². The molecule has 6 heteroatoms. The zero-order valence-electron chi connectivity index (χ0n) is 14.1. The fraction of sp³-hybridized carbons (Fsp3) is 0.158. The molecule has 6 nitrogen and oxygen atoms in total. The van der Waals surface area contributed by atoms with Crippen LogP contribution in [0.25, 0.3) is 11.8 Å². The number of rotatable bonds is 5. The van der Waals surface area contributed by atoms with Gasteiger partial charge in [0.25, 0.3) is 5.91 Å². The van der Waals surface area contributed by atoms with E-state index in [1.807, 2.05) is 44.2 Å². The molecule has 1 aliphatic heterocycles. The number of urea groups is 1. The van der Waals surface area contributed by atoms with Gasteiger partial charge in [-0.1, -0.05) is 12.7 Å². The monoisotopic (exact) mass is 337 g/mol. The number of imide groups is 1. The van der Waals surface area contributed by atoms with Crippen LogP contribution in [0.4, 0.5) is 4.79 Å². The molecule has 1 aromatic carbocycles. The lowest BCUT2D eigenvalue weighted by Gasteiger charge is -2.11. The predicted molar refractivity (Wildman–Crippen MR) is 95.6 cm³/mol. The molecule has 1 saturated heterocycles. The molecular weight excluding hydrogens is 318 g/mol. The molecule has 1 aromatic heterocycles. The van der Waals surface area contributed by atoms with E-state index in [-0.39, 0.29) is 5.70 Å². The summed E-state index contributed by atoms with van der Waals surface area (Å²) in [7, 11) is 0. The maximum absolute atomic E-state index is 11.7. The van der Waals surface area contributed by atoms with Crippen molar-refractivity contribution in [3.05, 3.63) is 65.6 Å². The second kappa shape index (κ2) is 6.68. The van der Waals surface area contributed by atoms with Crippen LogP contribution in [0.1, 0.15) is 17.0 Å². The van der Waals surface area contributed by atoms with E-state index in [2.05, 4.69) is 21.8 Å². The molecule has 3 amide bonds. The second-order valence-corrected chi connectivity index (χ2v) is 5.72. The van der Waals surface area contributed by atoms with Crippen molar-refractivity contribution in [2.24, 2.45) is 0 Å². The van der Waals surface area contributed by atoms with Crippen LogP contribution in [0.5, 0.6) is 5.75 Å². The van der Waals surface area contributed by atoms with Crippen LogP contribution in [0.3, 0.4) is 0 Å². The molecule has 1 fully saturated rings. The summed E-state index contributed by atoms with van der Waals surface area (Å²) in [4.78, 5) is 22.9. The van der Waals surface area contributed by atoms with Crippen LogP contribution < -0.4 is 15.4 Å². The van der Waals surface area contributed by atoms with Crippen LogP contribution in [0.2, 0.25) is 0 Å². The van der Waals surface area contributed by atoms with E-state index in [1.165, 1.54) is 0 Å². The van der Waals surface area contributed by atoms with Crippen molar-refractivity contribution in [2.75, 3.05) is 6.61 Å². The van der Waals surface area contributed by atoms with E-state index < -0.39 is 11.9 Å². The average molecular weight is 337 g/mol. The highest BCUT2D eigenvalue weighted by atomic mass is 16.5. The fourth-order valence-corrected chi connectivity index (χ4v) is 2.82. The number of carbonyl (C=O) groups excluding carboxylic acids is 2. The van der Waals surface area contributed by atoms with Crippen LogP contribution in [0, 0.1) is 13.8 Å². The third kappa shape index (κ3) is 3.33. The second-order valence-electron chi connectivity index (χ2n) is 5.72. The molecule has 25 heavy (non-hydrogen) atoms. The summed E-state index contributed by atoms with van der Waals surface area (Å²) in [5.41, 5.74) is 4.10. The molecule has 0 unspecified atom stereocenters. The molecule has 0 aliphatic carbocycles. The molecule has 0 atom stereocenters. The first-order valence-corrected chi connectivity index (χ1v) is 7.86. The van der Waals surface area contributed by atoms with Gasteiger partial charge in [0.05, 0.1) is 0 Å². The summed E-state index contributed by atoms with van der Waals surface area (Å²) in [6.45, 7) is 8.05. The highest BCUT2D eigenvalue weighted by Crippen LogP contribution is 2.24. The highest BCUT2D eigenvalue weighted by molar-refractivity contribution is 6.14. The summed E-state index contributed by atoms with van der Waals surface area (Å²) >= 11 is 0. The topological polar surface area (TPSA) is 72.4 Å². The minimum atomic E-state index is -0.500. The van der Waals surface area contributed by atoms with E-state index in [0.717, 1.165) is 28.4 Å².